The van der Waals surface area contributed by atoms with E-state index in [0.717, 1.165) is 32.5 Å². The van der Waals surface area contributed by atoms with Crippen molar-refractivity contribution in [2.24, 2.45) is 5.92 Å². The first-order valence-electron chi connectivity index (χ1n) is 3.61. The number of ketones is 1. The molecule has 3 radical (unpaired) electrons. The normalized spacial score (nSPS) is 37.4. The maximum absolute atomic E-state index is 11.0. The van der Waals surface area contributed by atoms with E-state index in [1.165, 1.54) is 0 Å². The van der Waals surface area contributed by atoms with Gasteiger partial charge in [0.1, 0.15) is 5.78 Å². The second-order valence-corrected chi connectivity index (χ2v) is 3.02. The highest BCUT2D eigenvalue weighted by molar-refractivity contribution is 5.84. The van der Waals surface area contributed by atoms with Crippen molar-refractivity contribution in [3.05, 3.63) is 0 Å². The molecule has 0 aromatic rings. The number of nitrogens with zero attached hydrogens (tertiary/aromatic N) is 1. The second-order valence-electron chi connectivity index (χ2n) is 3.02. The molecule has 0 aromatic carbocycles. The van der Waals surface area contributed by atoms with Gasteiger partial charge in [-0.25, -0.2) is 0 Å². The first-order chi connectivity index (χ1) is 4.36. The van der Waals surface area contributed by atoms with Crippen LogP contribution in [-0.2, 0) is 4.79 Å². The fourth-order valence-electron chi connectivity index (χ4n) is 1.76. The molecule has 3 aliphatic heterocycles. The maximum Gasteiger partial charge on any atom is 0.149 e. The number of Topliss-reactive ketones (excluding diaryl/α,β-unsaturated/α-hetero) is 1. The fourth-order valence-corrected chi connectivity index (χ4v) is 1.76. The first-order valence-corrected chi connectivity index (χ1v) is 3.61. The van der Waals surface area contributed by atoms with Gasteiger partial charge in [0.15, 0.2) is 0 Å². The molecule has 0 amide bonds. The van der Waals surface area contributed by atoms with Gasteiger partial charge in [0.2, 0.25) is 0 Å². The van der Waals surface area contributed by atoms with Crippen LogP contribution >= 0.6 is 0 Å². The summed E-state index contributed by atoms with van der Waals surface area (Å²) in [6, 6.07) is 0. The summed E-state index contributed by atoms with van der Waals surface area (Å²) in [5, 5.41) is 0. The predicted molar refractivity (Wildman–Crippen MR) is 39.9 cm³/mol. The zero-order chi connectivity index (χ0) is 6.27. The summed E-state index contributed by atoms with van der Waals surface area (Å²) in [7, 11) is 0. The van der Waals surface area contributed by atoms with Gasteiger partial charge in [0.25, 0.3) is 0 Å². The van der Waals surface area contributed by atoms with Crippen molar-refractivity contribution in [2.75, 3.05) is 19.6 Å². The molecular weight excluding hydrogens is 125 g/mol. The van der Waals surface area contributed by atoms with E-state index in [-0.39, 0.29) is 8.41 Å². The molecule has 2 nitrogen and oxygen atoms in total. The Morgan fingerprint density at radius 3 is 2.10 bits per heavy atom. The molecule has 0 atom stereocenters. The van der Waals surface area contributed by atoms with Crippen LogP contribution in [0.1, 0.15) is 12.8 Å². The summed E-state index contributed by atoms with van der Waals surface area (Å²) >= 11 is 0. The van der Waals surface area contributed by atoms with Crippen LogP contribution in [0.2, 0.25) is 0 Å². The first kappa shape index (κ1) is 7.80. The minimum atomic E-state index is 0. The zero-order valence-corrected chi connectivity index (χ0v) is 6.05. The SMILES string of the molecule is O=C1CN2CCC1CC2.[B]. The molecule has 0 saturated carbocycles. The van der Waals surface area contributed by atoms with Gasteiger partial charge in [-0.2, -0.15) is 0 Å². The Morgan fingerprint density at radius 1 is 1.30 bits per heavy atom. The number of hydrogen-bond donors (Lipinski definition) is 0. The highest BCUT2D eigenvalue weighted by Crippen LogP contribution is 2.23. The number of piperidine rings is 3. The molecule has 2 bridgehead atoms. The van der Waals surface area contributed by atoms with Crippen LogP contribution in [0.5, 0.6) is 0 Å². The lowest BCUT2D eigenvalue weighted by Crippen LogP contribution is -2.47. The molecule has 3 heterocycles. The molecule has 10 heavy (non-hydrogen) atoms. The van der Waals surface area contributed by atoms with Crippen LogP contribution in [0.15, 0.2) is 0 Å². The van der Waals surface area contributed by atoms with Gasteiger partial charge < -0.3 is 0 Å². The summed E-state index contributed by atoms with van der Waals surface area (Å²) in [6.45, 7) is 3.07. The number of fused-ring (bicyclic) bond motifs is 3. The minimum Gasteiger partial charge on any atom is -0.298 e. The minimum absolute atomic E-state index is 0. The van der Waals surface area contributed by atoms with Gasteiger partial charge in [-0.1, -0.05) is 0 Å². The van der Waals surface area contributed by atoms with Crippen molar-refractivity contribution in [2.45, 2.75) is 12.8 Å². The Balaban J connectivity index is 0.000000500. The number of carbonyl (C=O) groups excluding carboxylic acids is 1. The lowest BCUT2D eigenvalue weighted by Gasteiger charge is -2.37. The quantitative estimate of drug-likeness (QED) is 0.433. The van der Waals surface area contributed by atoms with Crippen LogP contribution in [0, 0.1) is 5.92 Å². The zero-order valence-electron chi connectivity index (χ0n) is 6.05. The second kappa shape index (κ2) is 2.75. The standard InChI is InChI=1S/C7H11NO.B/c9-7-5-8-3-1-6(7)2-4-8;/h6H,1-5H2;. The third-order valence-electron chi connectivity index (χ3n) is 2.42. The van der Waals surface area contributed by atoms with Crippen molar-refractivity contribution in [3.8, 4) is 0 Å². The largest absolute Gasteiger partial charge is 0.298 e. The summed E-state index contributed by atoms with van der Waals surface area (Å²) in [5.74, 6) is 0.919. The molecule has 0 aromatic heterocycles. The molecule has 53 valence electrons. The topological polar surface area (TPSA) is 20.3 Å². The van der Waals surface area contributed by atoms with E-state index in [9.17, 15) is 4.79 Å². The summed E-state index contributed by atoms with van der Waals surface area (Å²) < 4.78 is 0. The highest BCUT2D eigenvalue weighted by atomic mass is 16.1. The number of rotatable bonds is 0. The molecule has 0 aliphatic carbocycles. The fraction of sp³-hybridized carbons (Fsp3) is 0.857. The summed E-state index contributed by atoms with van der Waals surface area (Å²) in [4.78, 5) is 13.3. The average molecular weight is 136 g/mol. The Bertz CT molecular complexity index is 141. The van der Waals surface area contributed by atoms with Crippen molar-refractivity contribution in [1.29, 1.82) is 0 Å². The van der Waals surface area contributed by atoms with Crippen molar-refractivity contribution in [3.63, 3.8) is 0 Å². The third-order valence-corrected chi connectivity index (χ3v) is 2.42. The lowest BCUT2D eigenvalue weighted by atomic mass is 9.87. The van der Waals surface area contributed by atoms with E-state index in [1.807, 2.05) is 0 Å². The van der Waals surface area contributed by atoms with E-state index in [2.05, 4.69) is 4.90 Å². The molecule has 3 aliphatic rings. The van der Waals surface area contributed by atoms with Gasteiger partial charge in [0.05, 0.1) is 6.54 Å². The van der Waals surface area contributed by atoms with E-state index in [1.54, 1.807) is 0 Å². The van der Waals surface area contributed by atoms with Gasteiger partial charge >= 0.3 is 0 Å². The van der Waals surface area contributed by atoms with E-state index < -0.39 is 0 Å². The number of carbonyl (C=O) groups is 1. The molecule has 0 N–H and O–H groups in total. The molecule has 3 saturated heterocycles. The molecule has 3 fully saturated rings. The maximum atomic E-state index is 11.0. The lowest BCUT2D eigenvalue weighted by molar-refractivity contribution is -0.130. The Labute approximate surface area is 63.2 Å². The van der Waals surface area contributed by atoms with Crippen LogP contribution < -0.4 is 0 Å². The summed E-state index contributed by atoms with van der Waals surface area (Å²) in [6.07, 6.45) is 2.25. The summed E-state index contributed by atoms with van der Waals surface area (Å²) in [5.41, 5.74) is 0. The molecule has 0 spiro atoms. The van der Waals surface area contributed by atoms with Crippen molar-refractivity contribution in [1.82, 2.24) is 4.90 Å². The predicted octanol–water partition coefficient (Wildman–Crippen LogP) is -0.0997. The van der Waals surface area contributed by atoms with Crippen LogP contribution in [-0.4, -0.2) is 38.7 Å². The highest BCUT2D eigenvalue weighted by Gasteiger charge is 2.31. The van der Waals surface area contributed by atoms with Gasteiger partial charge in [-0.15, -0.1) is 0 Å². The monoisotopic (exact) mass is 136 g/mol. The smallest absolute Gasteiger partial charge is 0.149 e. The van der Waals surface area contributed by atoms with Crippen molar-refractivity contribution >= 4 is 14.2 Å². The average Bonchev–Trinajstić information content (AvgIpc) is 1.90. The third kappa shape index (κ3) is 1.10. The molecule has 3 heteroatoms. The number of hydrogen-bond acceptors (Lipinski definition) is 2. The molecular formula is C7H11BNO. The Morgan fingerprint density at radius 2 is 1.90 bits per heavy atom. The van der Waals surface area contributed by atoms with Gasteiger partial charge in [-0.05, 0) is 25.9 Å². The van der Waals surface area contributed by atoms with Crippen LogP contribution in [0.25, 0.3) is 0 Å². The van der Waals surface area contributed by atoms with E-state index in [4.69, 9.17) is 0 Å². The van der Waals surface area contributed by atoms with E-state index in [0.29, 0.717) is 11.7 Å². The van der Waals surface area contributed by atoms with Gasteiger partial charge in [0, 0.05) is 14.3 Å². The van der Waals surface area contributed by atoms with Crippen LogP contribution in [0.4, 0.5) is 0 Å². The van der Waals surface area contributed by atoms with Crippen LogP contribution in [0.3, 0.4) is 0 Å². The van der Waals surface area contributed by atoms with Crippen molar-refractivity contribution < 1.29 is 4.79 Å². The Kier molecular flexibility index (Phi) is 2.14. The Hall–Kier alpha value is -0.305. The molecule has 0 unspecified atom stereocenters. The van der Waals surface area contributed by atoms with Gasteiger partial charge in [-0.3, -0.25) is 9.69 Å². The molecule has 3 rings (SSSR count). The van der Waals surface area contributed by atoms with E-state index >= 15 is 0 Å².